The van der Waals surface area contributed by atoms with Crippen LogP contribution >= 0.6 is 0 Å². The van der Waals surface area contributed by atoms with E-state index < -0.39 is 0 Å². The highest BCUT2D eigenvalue weighted by atomic mass is 19.1. The van der Waals surface area contributed by atoms with Crippen molar-refractivity contribution in [3.63, 3.8) is 0 Å². The van der Waals surface area contributed by atoms with E-state index in [-0.39, 0.29) is 23.8 Å². The van der Waals surface area contributed by atoms with Crippen molar-refractivity contribution in [3.05, 3.63) is 41.7 Å². The van der Waals surface area contributed by atoms with Gasteiger partial charge >= 0.3 is 12.0 Å². The van der Waals surface area contributed by atoms with E-state index in [0.29, 0.717) is 25.3 Å². The third-order valence-corrected chi connectivity index (χ3v) is 3.65. The van der Waals surface area contributed by atoms with Gasteiger partial charge in [-0.25, -0.2) is 9.18 Å². The summed E-state index contributed by atoms with van der Waals surface area (Å²) in [5, 5.41) is 10.2. The molecule has 0 unspecified atom stereocenters. The van der Waals surface area contributed by atoms with Crippen molar-refractivity contribution in [1.82, 2.24) is 15.1 Å². The number of benzene rings is 1. The van der Waals surface area contributed by atoms with E-state index in [4.69, 9.17) is 9.15 Å². The first kappa shape index (κ1) is 16.1. The first-order chi connectivity index (χ1) is 11.7. The molecule has 2 amide bonds. The van der Waals surface area contributed by atoms with Gasteiger partial charge in [-0.3, -0.25) is 5.32 Å². The molecule has 8 heteroatoms. The lowest BCUT2D eigenvalue weighted by Crippen LogP contribution is -2.38. The maximum atomic E-state index is 12.9. The molecule has 1 aromatic carbocycles. The second-order valence-corrected chi connectivity index (χ2v) is 5.34. The Morgan fingerprint density at radius 2 is 2.17 bits per heavy atom. The van der Waals surface area contributed by atoms with Crippen molar-refractivity contribution in [2.24, 2.45) is 0 Å². The Kier molecular flexibility index (Phi) is 4.85. The summed E-state index contributed by atoms with van der Waals surface area (Å²) in [6.45, 7) is 1.68. The molecule has 7 nitrogen and oxygen atoms in total. The Bertz CT molecular complexity index is 742. The Balaban J connectivity index is 1.61. The number of aromatic nitrogens is 2. The van der Waals surface area contributed by atoms with Gasteiger partial charge in [0, 0.05) is 25.8 Å². The number of methoxy groups -OCH3 is 1. The van der Waals surface area contributed by atoms with Crippen LogP contribution in [0, 0.1) is 5.82 Å². The number of carbonyl (C=O) groups excluding carboxylic acids is 1. The first-order valence-corrected chi connectivity index (χ1v) is 7.48. The van der Waals surface area contributed by atoms with Crippen LogP contribution < -0.4 is 5.32 Å². The van der Waals surface area contributed by atoms with Gasteiger partial charge in [0.15, 0.2) is 0 Å². The van der Waals surface area contributed by atoms with Crippen molar-refractivity contribution in [1.29, 1.82) is 0 Å². The van der Waals surface area contributed by atoms with Gasteiger partial charge in [-0.2, -0.15) is 0 Å². The number of carbonyl (C=O) groups is 1. The van der Waals surface area contributed by atoms with E-state index in [1.807, 2.05) is 6.08 Å². The lowest BCUT2D eigenvalue weighted by molar-refractivity contribution is 0.203. The summed E-state index contributed by atoms with van der Waals surface area (Å²) in [4.78, 5) is 13.8. The summed E-state index contributed by atoms with van der Waals surface area (Å²) in [5.41, 5.74) is 1.76. The monoisotopic (exact) mass is 332 g/mol. The molecular weight excluding hydrogens is 315 g/mol. The number of ether oxygens (including phenoxy) is 1. The summed E-state index contributed by atoms with van der Waals surface area (Å²) in [7, 11) is 1.65. The standard InChI is InChI=1S/C16H17FN4O3/c1-23-10-11-6-8-21(9-7-11)16(22)18-15-20-19-14(24-15)12-2-4-13(17)5-3-12/h2-6H,7-10H2,1H3,(H,18,20,22). The van der Waals surface area contributed by atoms with Gasteiger partial charge in [0.05, 0.1) is 6.61 Å². The number of rotatable bonds is 4. The molecule has 0 saturated heterocycles. The highest BCUT2D eigenvalue weighted by Gasteiger charge is 2.19. The lowest BCUT2D eigenvalue weighted by atomic mass is 10.1. The normalized spacial score (nSPS) is 14.4. The minimum atomic E-state index is -0.349. The van der Waals surface area contributed by atoms with Gasteiger partial charge in [-0.15, -0.1) is 5.10 Å². The summed E-state index contributed by atoms with van der Waals surface area (Å²) in [5.74, 6) is -0.135. The molecule has 0 spiro atoms. The molecule has 3 rings (SSSR count). The van der Waals surface area contributed by atoms with Crippen LogP contribution in [0.3, 0.4) is 0 Å². The zero-order valence-electron chi connectivity index (χ0n) is 13.2. The fraction of sp³-hybridized carbons (Fsp3) is 0.312. The maximum Gasteiger partial charge on any atom is 0.325 e. The smallest absolute Gasteiger partial charge is 0.325 e. The highest BCUT2D eigenvalue weighted by Crippen LogP contribution is 2.20. The van der Waals surface area contributed by atoms with Gasteiger partial charge < -0.3 is 14.1 Å². The number of amides is 2. The van der Waals surface area contributed by atoms with Crippen molar-refractivity contribution < 1.29 is 18.3 Å². The second kappa shape index (κ2) is 7.22. The van der Waals surface area contributed by atoms with Gasteiger partial charge in [-0.05, 0) is 36.3 Å². The molecule has 1 aliphatic heterocycles. The van der Waals surface area contributed by atoms with Gasteiger partial charge in [0.1, 0.15) is 5.82 Å². The van der Waals surface area contributed by atoms with Crippen LogP contribution in [0.4, 0.5) is 15.2 Å². The van der Waals surface area contributed by atoms with E-state index in [0.717, 1.165) is 6.42 Å². The number of hydrogen-bond donors (Lipinski definition) is 1. The average Bonchev–Trinajstić information content (AvgIpc) is 3.05. The van der Waals surface area contributed by atoms with Crippen molar-refractivity contribution >= 4 is 12.0 Å². The van der Waals surface area contributed by atoms with E-state index in [1.54, 1.807) is 12.0 Å². The number of urea groups is 1. The molecule has 0 radical (unpaired) electrons. The minimum Gasteiger partial charge on any atom is -0.403 e. The highest BCUT2D eigenvalue weighted by molar-refractivity contribution is 5.87. The molecular formula is C16H17FN4O3. The minimum absolute atomic E-state index is 0.00555. The summed E-state index contributed by atoms with van der Waals surface area (Å²) >= 11 is 0. The van der Waals surface area contributed by atoms with Crippen molar-refractivity contribution in [2.75, 3.05) is 32.1 Å². The Hall–Kier alpha value is -2.74. The molecule has 1 aromatic heterocycles. The van der Waals surface area contributed by atoms with E-state index >= 15 is 0 Å². The largest absolute Gasteiger partial charge is 0.403 e. The zero-order chi connectivity index (χ0) is 16.9. The summed E-state index contributed by atoms with van der Waals surface area (Å²) < 4.78 is 23.4. The summed E-state index contributed by atoms with van der Waals surface area (Å²) in [6.07, 6.45) is 2.75. The van der Waals surface area contributed by atoms with Crippen molar-refractivity contribution in [3.8, 4) is 11.5 Å². The van der Waals surface area contributed by atoms with E-state index in [1.165, 1.54) is 29.8 Å². The van der Waals surface area contributed by atoms with Crippen molar-refractivity contribution in [2.45, 2.75) is 6.42 Å². The van der Waals surface area contributed by atoms with Crippen LogP contribution in [0.25, 0.3) is 11.5 Å². The predicted molar refractivity (Wildman–Crippen MR) is 84.9 cm³/mol. The van der Waals surface area contributed by atoms with Crippen LogP contribution in [-0.2, 0) is 4.74 Å². The topological polar surface area (TPSA) is 80.5 Å². The molecule has 0 fully saturated rings. The molecule has 24 heavy (non-hydrogen) atoms. The number of nitrogens with zero attached hydrogens (tertiary/aromatic N) is 3. The number of halogens is 1. The van der Waals surface area contributed by atoms with Crippen LogP contribution in [-0.4, -0.2) is 47.9 Å². The Morgan fingerprint density at radius 3 is 2.83 bits per heavy atom. The molecule has 1 aliphatic rings. The summed E-state index contributed by atoms with van der Waals surface area (Å²) in [6, 6.07) is 5.36. The molecule has 2 aromatic rings. The molecule has 1 N–H and O–H groups in total. The lowest BCUT2D eigenvalue weighted by Gasteiger charge is -2.25. The molecule has 126 valence electrons. The number of nitrogens with one attached hydrogen (secondary N) is 1. The maximum absolute atomic E-state index is 12.9. The van der Waals surface area contributed by atoms with E-state index in [9.17, 15) is 9.18 Å². The van der Waals surface area contributed by atoms with Gasteiger partial charge in [0.2, 0.25) is 5.89 Å². The predicted octanol–water partition coefficient (Wildman–Crippen LogP) is 2.69. The molecule has 0 atom stereocenters. The SMILES string of the molecule is COCC1=CCN(C(=O)Nc2nnc(-c3ccc(F)cc3)o2)CC1. The molecule has 2 heterocycles. The third kappa shape index (κ3) is 3.77. The second-order valence-electron chi connectivity index (χ2n) is 5.34. The quantitative estimate of drug-likeness (QED) is 0.871. The number of hydrogen-bond acceptors (Lipinski definition) is 5. The van der Waals surface area contributed by atoms with Crippen LogP contribution in [0.5, 0.6) is 0 Å². The van der Waals surface area contributed by atoms with Gasteiger partial charge in [0.25, 0.3) is 0 Å². The average molecular weight is 332 g/mol. The third-order valence-electron chi connectivity index (χ3n) is 3.65. The first-order valence-electron chi connectivity index (χ1n) is 7.48. The molecule has 0 saturated carbocycles. The van der Waals surface area contributed by atoms with Crippen LogP contribution in [0.2, 0.25) is 0 Å². The van der Waals surface area contributed by atoms with Crippen LogP contribution in [0.1, 0.15) is 6.42 Å². The fourth-order valence-electron chi connectivity index (χ4n) is 2.37. The van der Waals surface area contributed by atoms with E-state index in [2.05, 4.69) is 15.5 Å². The fourth-order valence-corrected chi connectivity index (χ4v) is 2.37. The Morgan fingerprint density at radius 1 is 1.38 bits per heavy atom. The Labute approximate surface area is 138 Å². The zero-order valence-corrected chi connectivity index (χ0v) is 13.2. The van der Waals surface area contributed by atoms with Crippen LogP contribution in [0.15, 0.2) is 40.3 Å². The molecule has 0 bridgehead atoms. The number of anilines is 1. The van der Waals surface area contributed by atoms with Gasteiger partial charge in [-0.1, -0.05) is 11.2 Å². The molecule has 0 aliphatic carbocycles.